The number of aromatic amines is 1. The van der Waals surface area contributed by atoms with Gasteiger partial charge >= 0.3 is 0 Å². The first-order valence-electron chi connectivity index (χ1n) is 8.48. The molecule has 1 atom stereocenters. The molecule has 1 amide bonds. The van der Waals surface area contributed by atoms with E-state index in [9.17, 15) is 4.79 Å². The van der Waals surface area contributed by atoms with E-state index in [0.717, 1.165) is 43.3 Å². The van der Waals surface area contributed by atoms with Crippen molar-refractivity contribution in [2.45, 2.75) is 39.7 Å². The third kappa shape index (κ3) is 4.03. The number of nitrogens with zero attached hydrogens (tertiary/aromatic N) is 3. The van der Waals surface area contributed by atoms with Crippen LogP contribution in [0.1, 0.15) is 54.0 Å². The number of H-pyrrole nitrogens is 1. The van der Waals surface area contributed by atoms with Gasteiger partial charge in [0.05, 0.1) is 5.69 Å². The number of hydrogen-bond acceptors (Lipinski definition) is 5. The van der Waals surface area contributed by atoms with Gasteiger partial charge in [0.15, 0.2) is 5.89 Å². The molecule has 0 aliphatic carbocycles. The van der Waals surface area contributed by atoms with Gasteiger partial charge < -0.3 is 9.73 Å². The van der Waals surface area contributed by atoms with E-state index in [1.165, 1.54) is 0 Å². The van der Waals surface area contributed by atoms with Crippen LogP contribution in [0.4, 0.5) is 0 Å². The zero-order valence-corrected chi connectivity index (χ0v) is 14.5. The van der Waals surface area contributed by atoms with Crippen molar-refractivity contribution in [1.29, 1.82) is 0 Å². The molecule has 24 heavy (non-hydrogen) atoms. The largest absolute Gasteiger partial charge is 0.448 e. The molecule has 7 nitrogen and oxygen atoms in total. The number of aromatic nitrogens is 3. The minimum Gasteiger partial charge on any atom is -0.448 e. The fourth-order valence-corrected chi connectivity index (χ4v) is 2.97. The molecule has 0 spiro atoms. The smallest absolute Gasteiger partial charge is 0.271 e. The minimum absolute atomic E-state index is 0.115. The maximum Gasteiger partial charge on any atom is 0.271 e. The summed E-state index contributed by atoms with van der Waals surface area (Å²) < 4.78 is 5.49. The Balaban J connectivity index is 1.44. The van der Waals surface area contributed by atoms with Crippen LogP contribution in [0.15, 0.2) is 16.7 Å². The number of nitrogens with one attached hydrogen (secondary N) is 2. The van der Waals surface area contributed by atoms with Crippen molar-refractivity contribution in [2.75, 3.05) is 19.6 Å². The summed E-state index contributed by atoms with van der Waals surface area (Å²) in [6, 6.07) is 1.76. The molecule has 2 N–H and O–H groups in total. The molecular weight excluding hydrogens is 306 g/mol. The number of hydrogen-bond donors (Lipinski definition) is 2. The van der Waals surface area contributed by atoms with E-state index in [-0.39, 0.29) is 5.91 Å². The number of oxazole rings is 1. The second-order valence-corrected chi connectivity index (χ2v) is 6.87. The van der Waals surface area contributed by atoms with E-state index < -0.39 is 0 Å². The van der Waals surface area contributed by atoms with Gasteiger partial charge in [0, 0.05) is 31.2 Å². The fraction of sp³-hybridized carbons (Fsp3) is 0.588. The van der Waals surface area contributed by atoms with Gasteiger partial charge in [-0.05, 0) is 31.9 Å². The third-order valence-corrected chi connectivity index (χ3v) is 4.31. The van der Waals surface area contributed by atoms with Crippen LogP contribution in [0, 0.1) is 12.8 Å². The number of likely N-dealkylation sites (tertiary alicyclic amines) is 1. The highest BCUT2D eigenvalue weighted by molar-refractivity contribution is 5.92. The molecule has 1 fully saturated rings. The van der Waals surface area contributed by atoms with Crippen molar-refractivity contribution < 1.29 is 9.21 Å². The van der Waals surface area contributed by atoms with Crippen molar-refractivity contribution in [2.24, 2.45) is 5.92 Å². The molecule has 2 aromatic heterocycles. The molecule has 1 aliphatic rings. The molecule has 7 heteroatoms. The van der Waals surface area contributed by atoms with Gasteiger partial charge in [0.2, 0.25) is 0 Å². The average Bonchev–Trinajstić information content (AvgIpc) is 3.26. The Bertz CT molecular complexity index is 691. The van der Waals surface area contributed by atoms with Gasteiger partial charge in [-0.15, -0.1) is 0 Å². The summed E-state index contributed by atoms with van der Waals surface area (Å²) in [4.78, 5) is 18.9. The number of carbonyl (C=O) groups excluding carboxylic acids is 1. The van der Waals surface area contributed by atoms with Gasteiger partial charge in [-0.3, -0.25) is 14.8 Å². The lowest BCUT2D eigenvalue weighted by Crippen LogP contribution is -2.31. The van der Waals surface area contributed by atoms with Crippen molar-refractivity contribution in [3.63, 3.8) is 0 Å². The summed E-state index contributed by atoms with van der Waals surface area (Å²) in [6.45, 7) is 9.50. The molecule has 0 aromatic carbocycles. The van der Waals surface area contributed by atoms with E-state index in [2.05, 4.69) is 39.2 Å². The van der Waals surface area contributed by atoms with E-state index in [0.29, 0.717) is 24.1 Å². The van der Waals surface area contributed by atoms with E-state index in [1.807, 2.05) is 6.92 Å². The van der Waals surface area contributed by atoms with Crippen molar-refractivity contribution in [3.8, 4) is 0 Å². The van der Waals surface area contributed by atoms with Crippen LogP contribution >= 0.6 is 0 Å². The molecule has 2 aromatic rings. The highest BCUT2D eigenvalue weighted by Gasteiger charge is 2.24. The predicted octanol–water partition coefficient (Wildman–Crippen LogP) is 2.08. The first-order chi connectivity index (χ1) is 11.5. The Morgan fingerprint density at radius 2 is 2.38 bits per heavy atom. The van der Waals surface area contributed by atoms with Gasteiger partial charge in [0.1, 0.15) is 12.0 Å². The summed E-state index contributed by atoms with van der Waals surface area (Å²) in [5, 5.41) is 9.74. The van der Waals surface area contributed by atoms with Gasteiger partial charge in [-0.1, -0.05) is 13.8 Å². The molecule has 3 heterocycles. The van der Waals surface area contributed by atoms with Crippen molar-refractivity contribution >= 4 is 5.91 Å². The number of aryl methyl sites for hydroxylation is 1. The zero-order valence-electron chi connectivity index (χ0n) is 14.5. The molecule has 0 radical (unpaired) electrons. The molecule has 1 unspecified atom stereocenters. The highest BCUT2D eigenvalue weighted by atomic mass is 16.3. The summed E-state index contributed by atoms with van der Waals surface area (Å²) >= 11 is 0. The first-order valence-corrected chi connectivity index (χ1v) is 8.48. The minimum atomic E-state index is -0.115. The van der Waals surface area contributed by atoms with Crippen LogP contribution in [-0.4, -0.2) is 45.6 Å². The Hall–Kier alpha value is -2.15. The topological polar surface area (TPSA) is 87.1 Å². The predicted molar refractivity (Wildman–Crippen MR) is 89.6 cm³/mol. The first kappa shape index (κ1) is 16.7. The molecule has 1 aliphatic heterocycles. The Morgan fingerprint density at radius 1 is 1.54 bits per heavy atom. The normalized spacial score (nSPS) is 18.4. The lowest BCUT2D eigenvalue weighted by atomic mass is 10.1. The standard InChI is InChI=1S/C17H25N5O2/c1-11(2)17-19-14(10-24-17)9-22-5-4-13(8-22)7-18-16(23)15-6-12(3)20-21-15/h6,10-11,13H,4-5,7-9H2,1-3H3,(H,18,23)(H,20,21). The SMILES string of the molecule is Cc1cc(C(=O)NCC2CCN(Cc3coc(C(C)C)n3)C2)n[nH]1. The quantitative estimate of drug-likeness (QED) is 0.846. The number of carbonyl (C=O) groups is 1. The lowest BCUT2D eigenvalue weighted by Gasteiger charge is -2.14. The third-order valence-electron chi connectivity index (χ3n) is 4.31. The molecule has 130 valence electrons. The van der Waals surface area contributed by atoms with Crippen molar-refractivity contribution in [1.82, 2.24) is 25.4 Å². The second kappa shape index (κ2) is 7.17. The van der Waals surface area contributed by atoms with Crippen LogP contribution < -0.4 is 5.32 Å². The molecule has 1 saturated heterocycles. The van der Waals surface area contributed by atoms with E-state index >= 15 is 0 Å². The molecular formula is C17H25N5O2. The molecule has 3 rings (SSSR count). The Morgan fingerprint density at radius 3 is 3.04 bits per heavy atom. The van der Waals surface area contributed by atoms with E-state index in [4.69, 9.17) is 4.42 Å². The van der Waals surface area contributed by atoms with Crippen LogP contribution in [-0.2, 0) is 6.54 Å². The lowest BCUT2D eigenvalue weighted by molar-refractivity contribution is 0.0942. The maximum absolute atomic E-state index is 12.0. The number of amides is 1. The molecule has 0 bridgehead atoms. The Labute approximate surface area is 141 Å². The zero-order chi connectivity index (χ0) is 17.1. The summed E-state index contributed by atoms with van der Waals surface area (Å²) in [6.07, 6.45) is 2.83. The van der Waals surface area contributed by atoms with Gasteiger partial charge in [0.25, 0.3) is 5.91 Å². The van der Waals surface area contributed by atoms with Crippen molar-refractivity contribution in [3.05, 3.63) is 35.3 Å². The van der Waals surface area contributed by atoms with Crippen LogP contribution in [0.2, 0.25) is 0 Å². The summed E-state index contributed by atoms with van der Waals surface area (Å²) in [5.74, 6) is 1.45. The second-order valence-electron chi connectivity index (χ2n) is 6.87. The molecule has 0 saturated carbocycles. The number of rotatable bonds is 6. The Kier molecular flexibility index (Phi) is 4.99. The fourth-order valence-electron chi connectivity index (χ4n) is 2.97. The van der Waals surface area contributed by atoms with Crippen LogP contribution in [0.5, 0.6) is 0 Å². The average molecular weight is 331 g/mol. The monoisotopic (exact) mass is 331 g/mol. The van der Waals surface area contributed by atoms with Crippen LogP contribution in [0.3, 0.4) is 0 Å². The summed E-state index contributed by atoms with van der Waals surface area (Å²) in [7, 11) is 0. The maximum atomic E-state index is 12.0. The van der Waals surface area contributed by atoms with Gasteiger partial charge in [-0.25, -0.2) is 4.98 Å². The van der Waals surface area contributed by atoms with Gasteiger partial charge in [-0.2, -0.15) is 5.10 Å². The van der Waals surface area contributed by atoms with Crippen LogP contribution in [0.25, 0.3) is 0 Å². The summed E-state index contributed by atoms with van der Waals surface area (Å²) in [5.41, 5.74) is 2.32. The van der Waals surface area contributed by atoms with E-state index in [1.54, 1.807) is 12.3 Å². The highest BCUT2D eigenvalue weighted by Crippen LogP contribution is 2.19.